The third-order valence-corrected chi connectivity index (χ3v) is 3.92. The van der Waals surface area contributed by atoms with E-state index in [1.54, 1.807) is 12.3 Å². The maximum atomic E-state index is 12.4. The molecule has 0 aromatic carbocycles. The molecule has 0 radical (unpaired) electrons. The average molecular weight is 265 g/mol. The van der Waals surface area contributed by atoms with Crippen molar-refractivity contribution < 1.29 is 18.7 Å². The van der Waals surface area contributed by atoms with Crippen LogP contribution in [0.1, 0.15) is 35.9 Å². The van der Waals surface area contributed by atoms with Gasteiger partial charge in [0.25, 0.3) is 5.91 Å². The Bertz CT molecular complexity index is 452. The molecule has 2 saturated heterocycles. The number of likely N-dealkylation sites (tertiary alicyclic amines) is 1. The monoisotopic (exact) mass is 265 g/mol. The first-order chi connectivity index (χ1) is 9.24. The van der Waals surface area contributed by atoms with Crippen molar-refractivity contribution in [2.75, 3.05) is 26.3 Å². The van der Waals surface area contributed by atoms with Gasteiger partial charge in [0.05, 0.1) is 25.0 Å². The summed E-state index contributed by atoms with van der Waals surface area (Å²) in [5, 5.41) is 0. The predicted octanol–water partition coefficient (Wildman–Crippen LogP) is 1.82. The van der Waals surface area contributed by atoms with Crippen LogP contribution in [-0.4, -0.2) is 42.9 Å². The Morgan fingerprint density at radius 3 is 2.63 bits per heavy atom. The number of aryl methyl sites for hydroxylation is 1. The lowest BCUT2D eigenvalue weighted by molar-refractivity contribution is -0.181. The van der Waals surface area contributed by atoms with Crippen molar-refractivity contribution in [2.24, 2.45) is 0 Å². The molecule has 3 rings (SSSR count). The van der Waals surface area contributed by atoms with Crippen LogP contribution in [0.3, 0.4) is 0 Å². The van der Waals surface area contributed by atoms with Gasteiger partial charge in [0.2, 0.25) is 0 Å². The van der Waals surface area contributed by atoms with Crippen molar-refractivity contribution in [3.8, 4) is 0 Å². The van der Waals surface area contributed by atoms with Gasteiger partial charge in [0, 0.05) is 32.4 Å². The van der Waals surface area contributed by atoms with Crippen molar-refractivity contribution >= 4 is 5.91 Å². The fourth-order valence-corrected chi connectivity index (χ4v) is 2.81. The molecule has 1 spiro atoms. The highest BCUT2D eigenvalue weighted by Crippen LogP contribution is 2.32. The molecular weight excluding hydrogens is 246 g/mol. The lowest BCUT2D eigenvalue weighted by Crippen LogP contribution is -2.47. The average Bonchev–Trinajstić information content (AvgIpc) is 3.08. The van der Waals surface area contributed by atoms with Crippen molar-refractivity contribution in [3.05, 3.63) is 23.7 Å². The summed E-state index contributed by atoms with van der Waals surface area (Å²) < 4.78 is 16.7. The van der Waals surface area contributed by atoms with Crippen LogP contribution < -0.4 is 0 Å². The van der Waals surface area contributed by atoms with Crippen LogP contribution in [0.4, 0.5) is 0 Å². The molecule has 3 heterocycles. The fourth-order valence-electron chi connectivity index (χ4n) is 2.81. The number of rotatable bonds is 2. The fraction of sp³-hybridized carbons (Fsp3) is 0.643. The van der Waals surface area contributed by atoms with Crippen molar-refractivity contribution in [3.63, 3.8) is 0 Å². The SMILES string of the molecule is CCc1occc1C(=O)N1CCC2(CC1)OCCO2. The lowest BCUT2D eigenvalue weighted by atomic mass is 10.0. The molecule has 2 aliphatic heterocycles. The maximum Gasteiger partial charge on any atom is 0.257 e. The topological polar surface area (TPSA) is 51.9 Å². The summed E-state index contributed by atoms with van der Waals surface area (Å²) in [6.45, 7) is 4.66. The van der Waals surface area contributed by atoms with E-state index < -0.39 is 5.79 Å². The molecule has 1 aromatic rings. The molecule has 0 saturated carbocycles. The van der Waals surface area contributed by atoms with E-state index in [1.807, 2.05) is 11.8 Å². The van der Waals surface area contributed by atoms with Crippen molar-refractivity contribution in [2.45, 2.75) is 32.0 Å². The summed E-state index contributed by atoms with van der Waals surface area (Å²) in [5.74, 6) is 0.387. The second kappa shape index (κ2) is 4.98. The number of carbonyl (C=O) groups excluding carboxylic acids is 1. The molecule has 0 bridgehead atoms. The normalized spacial score (nSPS) is 22.1. The number of carbonyl (C=O) groups is 1. The largest absolute Gasteiger partial charge is 0.469 e. The summed E-state index contributed by atoms with van der Waals surface area (Å²) >= 11 is 0. The lowest BCUT2D eigenvalue weighted by Gasteiger charge is -2.37. The molecule has 0 aliphatic carbocycles. The van der Waals surface area contributed by atoms with E-state index in [0.29, 0.717) is 31.9 Å². The number of amides is 1. The number of furan rings is 1. The van der Waals surface area contributed by atoms with Gasteiger partial charge in [-0.3, -0.25) is 4.79 Å². The molecule has 2 fully saturated rings. The van der Waals surface area contributed by atoms with Gasteiger partial charge in [-0.25, -0.2) is 0 Å². The van der Waals surface area contributed by atoms with E-state index in [2.05, 4.69) is 0 Å². The molecule has 104 valence electrons. The van der Waals surface area contributed by atoms with Crippen molar-refractivity contribution in [1.82, 2.24) is 4.90 Å². The van der Waals surface area contributed by atoms with Crippen LogP contribution >= 0.6 is 0 Å². The molecule has 0 unspecified atom stereocenters. The van der Waals surface area contributed by atoms with E-state index in [0.717, 1.165) is 25.0 Å². The number of ether oxygens (including phenoxy) is 2. The first kappa shape index (κ1) is 12.7. The Balaban J connectivity index is 1.66. The van der Waals surface area contributed by atoms with E-state index in [4.69, 9.17) is 13.9 Å². The molecule has 2 aliphatic rings. The van der Waals surface area contributed by atoms with Crippen molar-refractivity contribution in [1.29, 1.82) is 0 Å². The summed E-state index contributed by atoms with van der Waals surface area (Å²) in [4.78, 5) is 14.3. The third kappa shape index (κ3) is 2.28. The van der Waals surface area contributed by atoms with Crippen LogP contribution in [0.25, 0.3) is 0 Å². The number of hydrogen-bond acceptors (Lipinski definition) is 4. The van der Waals surface area contributed by atoms with E-state index in [9.17, 15) is 4.79 Å². The predicted molar refractivity (Wildman–Crippen MR) is 67.9 cm³/mol. The minimum absolute atomic E-state index is 0.0541. The van der Waals surface area contributed by atoms with Crippen LogP contribution in [0.15, 0.2) is 16.7 Å². The zero-order valence-electron chi connectivity index (χ0n) is 11.2. The number of piperidine rings is 1. The maximum absolute atomic E-state index is 12.4. The Labute approximate surface area is 112 Å². The van der Waals surface area contributed by atoms with Gasteiger partial charge in [-0.15, -0.1) is 0 Å². The van der Waals surface area contributed by atoms with Crippen LogP contribution in [0, 0.1) is 0 Å². The molecule has 1 aromatic heterocycles. The first-order valence-electron chi connectivity index (χ1n) is 6.88. The number of nitrogens with zero attached hydrogens (tertiary/aromatic N) is 1. The first-order valence-corrected chi connectivity index (χ1v) is 6.88. The zero-order valence-corrected chi connectivity index (χ0v) is 11.2. The molecule has 0 atom stereocenters. The minimum Gasteiger partial charge on any atom is -0.469 e. The molecule has 1 amide bonds. The standard InChI is InChI=1S/C14H19NO4/c1-2-12-11(3-8-17-12)13(16)15-6-4-14(5-7-15)18-9-10-19-14/h3,8H,2,4-7,9-10H2,1H3. The quantitative estimate of drug-likeness (QED) is 0.818. The second-order valence-corrected chi connectivity index (χ2v) is 5.01. The molecular formula is C14H19NO4. The smallest absolute Gasteiger partial charge is 0.257 e. The molecule has 5 nitrogen and oxygen atoms in total. The van der Waals surface area contributed by atoms with Gasteiger partial charge < -0.3 is 18.8 Å². The summed E-state index contributed by atoms with van der Waals surface area (Å²) in [7, 11) is 0. The minimum atomic E-state index is -0.430. The third-order valence-electron chi connectivity index (χ3n) is 3.92. The van der Waals surface area contributed by atoms with Gasteiger partial charge in [-0.2, -0.15) is 0 Å². The van der Waals surface area contributed by atoms with Gasteiger partial charge >= 0.3 is 0 Å². The van der Waals surface area contributed by atoms with E-state index >= 15 is 0 Å². The van der Waals surface area contributed by atoms with Crippen LogP contribution in [0.5, 0.6) is 0 Å². The van der Waals surface area contributed by atoms with Crippen LogP contribution in [-0.2, 0) is 15.9 Å². The summed E-state index contributed by atoms with van der Waals surface area (Å²) in [5.41, 5.74) is 0.687. The molecule has 5 heteroatoms. The van der Waals surface area contributed by atoms with E-state index in [1.165, 1.54) is 0 Å². The Morgan fingerprint density at radius 1 is 1.32 bits per heavy atom. The number of hydrogen-bond donors (Lipinski definition) is 0. The zero-order chi connectivity index (χ0) is 13.3. The Kier molecular flexibility index (Phi) is 3.33. The van der Waals surface area contributed by atoms with Gasteiger partial charge in [0.1, 0.15) is 5.76 Å². The van der Waals surface area contributed by atoms with Crippen LogP contribution in [0.2, 0.25) is 0 Å². The molecule has 19 heavy (non-hydrogen) atoms. The second-order valence-electron chi connectivity index (χ2n) is 5.01. The van der Waals surface area contributed by atoms with E-state index in [-0.39, 0.29) is 5.91 Å². The van der Waals surface area contributed by atoms with Gasteiger partial charge in [0.15, 0.2) is 5.79 Å². The highest BCUT2D eigenvalue weighted by Gasteiger charge is 2.41. The van der Waals surface area contributed by atoms with Gasteiger partial charge in [-0.05, 0) is 6.07 Å². The summed E-state index contributed by atoms with van der Waals surface area (Å²) in [6.07, 6.45) is 3.81. The highest BCUT2D eigenvalue weighted by atomic mass is 16.7. The summed E-state index contributed by atoms with van der Waals surface area (Å²) in [6, 6.07) is 1.76. The molecule has 0 N–H and O–H groups in total. The Hall–Kier alpha value is -1.33. The van der Waals surface area contributed by atoms with Gasteiger partial charge in [-0.1, -0.05) is 6.92 Å². The highest BCUT2D eigenvalue weighted by molar-refractivity contribution is 5.95. The Morgan fingerprint density at radius 2 is 2.00 bits per heavy atom.